The molecule has 0 heterocycles. The van der Waals surface area contributed by atoms with Crippen LogP contribution in [0.4, 0.5) is 13.2 Å². The molecule has 0 aliphatic rings. The average Bonchev–Trinajstić information content (AvgIpc) is 1.99. The molecule has 0 atom stereocenters. The fourth-order valence-corrected chi connectivity index (χ4v) is 0.767. The quantitative estimate of drug-likeness (QED) is 0.573. The van der Waals surface area contributed by atoms with Crippen LogP contribution in [-0.4, -0.2) is 0 Å². The van der Waals surface area contributed by atoms with E-state index in [1.807, 2.05) is 0 Å². The molecule has 0 aliphatic heterocycles. The van der Waals surface area contributed by atoms with E-state index >= 15 is 0 Å². The van der Waals surface area contributed by atoms with E-state index in [-0.39, 0.29) is 24.2 Å². The zero-order valence-electron chi connectivity index (χ0n) is 7.02. The summed E-state index contributed by atoms with van der Waals surface area (Å²) in [6.07, 6.45) is 1.97. The van der Waals surface area contributed by atoms with E-state index in [2.05, 4.69) is 0 Å². The Hall–Kier alpha value is -0.990. The third kappa shape index (κ3) is 3.42. The minimum Gasteiger partial charge on any atom is -0.216 e. The Kier molecular flexibility index (Phi) is 5.17. The molecule has 0 nitrogen and oxygen atoms in total. The molecule has 0 aromatic carbocycles. The first-order valence-electron chi connectivity index (χ1n) is 3.56. The standard InChI is InChI=1S/C9H11F3/c1-7(2)8(3-5-10)9(12)4-6-11/h3-7H,1-2H3. The second-order valence-electron chi connectivity index (χ2n) is 2.54. The maximum atomic E-state index is 12.8. The lowest BCUT2D eigenvalue weighted by Gasteiger charge is -2.05. The summed E-state index contributed by atoms with van der Waals surface area (Å²) >= 11 is 0. The van der Waals surface area contributed by atoms with Gasteiger partial charge in [-0.1, -0.05) is 13.8 Å². The highest BCUT2D eigenvalue weighted by molar-refractivity contribution is 5.28. The predicted molar refractivity (Wildman–Crippen MR) is 43.5 cm³/mol. The van der Waals surface area contributed by atoms with Gasteiger partial charge in [-0.2, -0.15) is 0 Å². The Balaban J connectivity index is 4.79. The summed E-state index contributed by atoms with van der Waals surface area (Å²) in [6, 6.07) is 0. The maximum Gasteiger partial charge on any atom is 0.129 e. The molecule has 0 saturated carbocycles. The largest absolute Gasteiger partial charge is 0.216 e. The van der Waals surface area contributed by atoms with Crippen LogP contribution in [0.15, 0.2) is 36.2 Å². The third-order valence-corrected chi connectivity index (χ3v) is 1.35. The molecular weight excluding hydrogens is 165 g/mol. The van der Waals surface area contributed by atoms with Crippen molar-refractivity contribution in [2.45, 2.75) is 13.8 Å². The molecule has 0 rings (SSSR count). The predicted octanol–water partition coefficient (Wildman–Crippen LogP) is 3.83. The van der Waals surface area contributed by atoms with Crippen LogP contribution in [0.25, 0.3) is 0 Å². The van der Waals surface area contributed by atoms with Crippen molar-refractivity contribution in [2.75, 3.05) is 0 Å². The van der Waals surface area contributed by atoms with Crippen LogP contribution < -0.4 is 0 Å². The molecule has 0 spiro atoms. The Morgan fingerprint density at radius 1 is 1.08 bits per heavy atom. The van der Waals surface area contributed by atoms with Crippen LogP contribution in [0.1, 0.15) is 13.8 Å². The highest BCUT2D eigenvalue weighted by atomic mass is 19.1. The summed E-state index contributed by atoms with van der Waals surface area (Å²) in [6.45, 7) is 3.39. The highest BCUT2D eigenvalue weighted by Gasteiger charge is 2.05. The fourth-order valence-electron chi connectivity index (χ4n) is 0.767. The average molecular weight is 176 g/mol. The van der Waals surface area contributed by atoms with Crippen molar-refractivity contribution in [3.05, 3.63) is 36.2 Å². The van der Waals surface area contributed by atoms with Gasteiger partial charge in [0.05, 0.1) is 12.7 Å². The van der Waals surface area contributed by atoms with E-state index in [0.717, 1.165) is 6.08 Å². The zero-order chi connectivity index (χ0) is 9.56. The van der Waals surface area contributed by atoms with Crippen LogP contribution in [-0.2, 0) is 0 Å². The molecular formula is C9H11F3. The van der Waals surface area contributed by atoms with Gasteiger partial charge < -0.3 is 0 Å². The molecule has 0 N–H and O–H groups in total. The molecule has 3 heteroatoms. The van der Waals surface area contributed by atoms with Gasteiger partial charge in [-0.05, 0) is 17.6 Å². The van der Waals surface area contributed by atoms with E-state index in [0.29, 0.717) is 6.08 Å². The van der Waals surface area contributed by atoms with Gasteiger partial charge >= 0.3 is 0 Å². The SMILES string of the molecule is CC(C)C(C=CF)=C(F)C=CF. The fraction of sp³-hybridized carbons (Fsp3) is 0.333. The summed E-state index contributed by atoms with van der Waals surface area (Å²) in [5.74, 6) is -0.922. The molecule has 12 heavy (non-hydrogen) atoms. The molecule has 0 saturated heterocycles. The molecule has 0 aromatic heterocycles. The van der Waals surface area contributed by atoms with E-state index in [9.17, 15) is 13.2 Å². The maximum absolute atomic E-state index is 12.8. The molecule has 0 fully saturated rings. The first kappa shape index (κ1) is 11.0. The van der Waals surface area contributed by atoms with Crippen molar-refractivity contribution in [3.63, 3.8) is 0 Å². The molecule has 0 unspecified atom stereocenters. The smallest absolute Gasteiger partial charge is 0.129 e. The molecule has 0 bridgehead atoms. The van der Waals surface area contributed by atoms with Gasteiger partial charge in [-0.3, -0.25) is 0 Å². The van der Waals surface area contributed by atoms with E-state index in [1.54, 1.807) is 13.8 Å². The number of hydrogen-bond acceptors (Lipinski definition) is 0. The van der Waals surface area contributed by atoms with Gasteiger partial charge in [0.1, 0.15) is 5.83 Å². The second-order valence-corrected chi connectivity index (χ2v) is 2.54. The molecule has 0 aromatic rings. The number of rotatable bonds is 3. The third-order valence-electron chi connectivity index (χ3n) is 1.35. The number of halogens is 3. The minimum absolute atomic E-state index is 0.0871. The van der Waals surface area contributed by atoms with Crippen LogP contribution in [0, 0.1) is 5.92 Å². The molecule has 0 aliphatic carbocycles. The lowest BCUT2D eigenvalue weighted by atomic mass is 10.0. The van der Waals surface area contributed by atoms with Crippen molar-refractivity contribution in [1.82, 2.24) is 0 Å². The van der Waals surface area contributed by atoms with Crippen LogP contribution in [0.2, 0.25) is 0 Å². The molecule has 0 amide bonds. The number of allylic oxidation sites excluding steroid dienone is 4. The zero-order valence-corrected chi connectivity index (χ0v) is 7.02. The van der Waals surface area contributed by atoms with Crippen LogP contribution in [0.5, 0.6) is 0 Å². The van der Waals surface area contributed by atoms with Gasteiger partial charge in [-0.25, -0.2) is 13.2 Å². The van der Waals surface area contributed by atoms with Crippen molar-refractivity contribution >= 4 is 0 Å². The second kappa shape index (κ2) is 5.63. The van der Waals surface area contributed by atoms with Gasteiger partial charge in [0.2, 0.25) is 0 Å². The van der Waals surface area contributed by atoms with Crippen molar-refractivity contribution < 1.29 is 13.2 Å². The van der Waals surface area contributed by atoms with Crippen molar-refractivity contribution in [1.29, 1.82) is 0 Å². The summed E-state index contributed by atoms with van der Waals surface area (Å²) < 4.78 is 36.1. The summed E-state index contributed by atoms with van der Waals surface area (Å²) in [5.41, 5.74) is 0.145. The summed E-state index contributed by atoms with van der Waals surface area (Å²) in [7, 11) is 0. The minimum atomic E-state index is -0.749. The van der Waals surface area contributed by atoms with Gasteiger partial charge in [-0.15, -0.1) is 0 Å². The van der Waals surface area contributed by atoms with Gasteiger partial charge in [0.15, 0.2) is 0 Å². The highest BCUT2D eigenvalue weighted by Crippen LogP contribution is 2.18. The van der Waals surface area contributed by atoms with Crippen molar-refractivity contribution in [3.8, 4) is 0 Å². The van der Waals surface area contributed by atoms with Crippen LogP contribution in [0.3, 0.4) is 0 Å². The topological polar surface area (TPSA) is 0 Å². The van der Waals surface area contributed by atoms with Gasteiger partial charge in [0, 0.05) is 6.08 Å². The summed E-state index contributed by atoms with van der Waals surface area (Å²) in [4.78, 5) is 0. The first-order chi connectivity index (χ1) is 5.63. The Morgan fingerprint density at radius 3 is 1.92 bits per heavy atom. The normalized spacial score (nSPS) is 14.8. The summed E-state index contributed by atoms with van der Waals surface area (Å²) in [5, 5.41) is 0. The van der Waals surface area contributed by atoms with E-state index in [4.69, 9.17) is 0 Å². The lowest BCUT2D eigenvalue weighted by molar-refractivity contribution is 0.616. The monoisotopic (exact) mass is 176 g/mol. The molecule has 68 valence electrons. The van der Waals surface area contributed by atoms with Crippen molar-refractivity contribution in [2.24, 2.45) is 5.92 Å². The van der Waals surface area contributed by atoms with E-state index in [1.165, 1.54) is 0 Å². The van der Waals surface area contributed by atoms with E-state index < -0.39 is 5.83 Å². The Bertz CT molecular complexity index is 212. The number of hydrogen-bond donors (Lipinski definition) is 0. The van der Waals surface area contributed by atoms with Gasteiger partial charge in [0.25, 0.3) is 0 Å². The lowest BCUT2D eigenvalue weighted by Crippen LogP contribution is -1.92. The first-order valence-corrected chi connectivity index (χ1v) is 3.56. The molecule has 0 radical (unpaired) electrons. The van der Waals surface area contributed by atoms with Crippen LogP contribution >= 0.6 is 0 Å². The Labute approximate surface area is 70.1 Å². The Morgan fingerprint density at radius 2 is 1.58 bits per heavy atom.